The molecule has 129 heavy (non-hydrogen) atoms. The van der Waals surface area contributed by atoms with Crippen molar-refractivity contribution in [3.63, 3.8) is 0 Å². The monoisotopic (exact) mass is 1650 g/mol. The number of rotatable bonds is 10. The average Bonchev–Trinajstić information content (AvgIpc) is 1.57. The Morgan fingerprint density at radius 2 is 0.651 bits per heavy atom. The van der Waals surface area contributed by atoms with E-state index in [2.05, 4.69) is 433 Å². The molecule has 0 saturated heterocycles. The van der Waals surface area contributed by atoms with Crippen LogP contribution in [0, 0.1) is 0 Å². The van der Waals surface area contributed by atoms with Crippen molar-refractivity contribution in [2.24, 2.45) is 0 Å². The first-order chi connectivity index (χ1) is 63.7. The predicted molar refractivity (Wildman–Crippen MR) is 529 cm³/mol. The summed E-state index contributed by atoms with van der Waals surface area (Å²) < 4.78 is 13.9. The highest BCUT2D eigenvalue weighted by Gasteiger charge is 2.36. The maximum atomic E-state index is 5.44. The predicted octanol–water partition coefficient (Wildman–Crippen LogP) is 28.4. The maximum absolute atomic E-state index is 5.44. The Kier molecular flexibility index (Phi) is 17.3. The van der Waals surface area contributed by atoms with Gasteiger partial charge < -0.3 is 22.8 Å². The third-order valence-corrected chi connectivity index (χ3v) is 26.1. The smallest absolute Gasteiger partial charge is 0.235 e. The largest absolute Gasteiger partial charge is 0.315 e. The van der Waals surface area contributed by atoms with E-state index in [4.69, 9.17) is 19.9 Å². The van der Waals surface area contributed by atoms with Gasteiger partial charge in [0, 0.05) is 159 Å². The summed E-state index contributed by atoms with van der Waals surface area (Å²) >= 11 is 0. The lowest BCUT2D eigenvalue weighted by Gasteiger charge is -2.22. The average molecular weight is 1650 g/mol. The van der Waals surface area contributed by atoms with Gasteiger partial charge in [0.2, 0.25) is 5.95 Å². The summed E-state index contributed by atoms with van der Waals surface area (Å²) in [5, 5.41) is 13.9. The van der Waals surface area contributed by atoms with E-state index in [0.29, 0.717) is 11.8 Å². The summed E-state index contributed by atoms with van der Waals surface area (Å²) in [6, 6.07) is 138. The van der Waals surface area contributed by atoms with Crippen LogP contribution in [-0.4, -0.2) is 62.3 Å². The van der Waals surface area contributed by atoms with Crippen LogP contribution in [0.25, 0.3) is 222 Å². The molecule has 0 bridgehead atoms. The first-order valence-electron chi connectivity index (χ1n) is 43.6. The molecule has 26 aromatic rings. The van der Waals surface area contributed by atoms with Gasteiger partial charge in [-0.3, -0.25) is 9.55 Å². The Morgan fingerprint density at radius 3 is 1.19 bits per heavy atom. The quantitative estimate of drug-likeness (QED) is 0.134. The number of benzene rings is 16. The van der Waals surface area contributed by atoms with Gasteiger partial charge in [-0.25, -0.2) is 29.9 Å². The van der Waals surface area contributed by atoms with Crippen molar-refractivity contribution in [1.82, 2.24) is 62.3 Å². The normalized spacial score (nSPS) is 12.3. The van der Waals surface area contributed by atoms with E-state index < -0.39 is 0 Å². The molecule has 1 aliphatic rings. The van der Waals surface area contributed by atoms with E-state index in [0.717, 1.165) is 106 Å². The molecular weight excluding hydrogens is 1580 g/mol. The van der Waals surface area contributed by atoms with E-state index in [-0.39, 0.29) is 5.41 Å². The number of pyridine rings is 1. The van der Waals surface area contributed by atoms with Crippen molar-refractivity contribution in [2.75, 3.05) is 0 Å². The van der Waals surface area contributed by atoms with Gasteiger partial charge in [-0.2, -0.15) is 0 Å². The van der Waals surface area contributed by atoms with Crippen LogP contribution in [0.5, 0.6) is 0 Å². The second-order valence-corrected chi connectivity index (χ2v) is 33.7. The summed E-state index contributed by atoms with van der Waals surface area (Å²) in [7, 11) is 0. The van der Waals surface area contributed by atoms with Gasteiger partial charge in [0.1, 0.15) is 0 Å². The van der Waals surface area contributed by atoms with Crippen LogP contribution >= 0.6 is 0 Å². The van der Waals surface area contributed by atoms with Crippen LogP contribution in [-0.2, 0) is 5.41 Å². The van der Waals surface area contributed by atoms with Crippen LogP contribution in [0.1, 0.15) is 25.0 Å². The Bertz CT molecular complexity index is 8630. The minimum atomic E-state index is -0.0424. The Hall–Kier alpha value is -17.3. The standard InChI is InChI=1S/C49H34N4.C34H22N4.C33H21N5/c1-49(2)41-17-9-6-14-36(41)37-26-25-34(30-42(37)49)31-20-22-32(23-21-31)45-40-16-7-10-18-43(40)50-48(51-45)53-44-19-11-8-15-38(44)39-27-24-33-28-29-52(46(33)47(39)53)35-12-4-3-5-13-35;1-2-9-26(10-3-1)37-21-20-23-16-19-29-28-11-5-7-13-31(28)38(33(29)32(23)37)27-17-14-24(15-18-27)34-35-22-25-8-4-6-12-30(25)36-34;1-2-6-25(7-3-1)37-19-17-22-12-15-28-27-8-4-5-9-30(27)38(32(28)31(22)37)26-13-10-23(11-14-26)33-35-21-24-20-34-18-16-29(24)36-33/h3-30H,1-2H3;1-22H;1-21H. The Labute approximate surface area is 741 Å². The Morgan fingerprint density at radius 1 is 0.240 bits per heavy atom. The molecule has 0 amide bonds. The lowest BCUT2D eigenvalue weighted by molar-refractivity contribution is 0.660. The van der Waals surface area contributed by atoms with Crippen LogP contribution in [0.4, 0.5) is 0 Å². The summed E-state index contributed by atoms with van der Waals surface area (Å²) in [6.45, 7) is 4.67. The van der Waals surface area contributed by atoms with Gasteiger partial charge in [-0.1, -0.05) is 257 Å². The molecule has 13 heteroatoms. The molecule has 0 spiro atoms. The molecule has 10 aromatic heterocycles. The highest BCUT2D eigenvalue weighted by Crippen LogP contribution is 2.51. The molecule has 27 rings (SSSR count). The fourth-order valence-corrected chi connectivity index (χ4v) is 19.9. The first kappa shape index (κ1) is 74.3. The third-order valence-electron chi connectivity index (χ3n) is 26.1. The maximum Gasteiger partial charge on any atom is 0.235 e. The molecular formula is C116H77N13. The van der Waals surface area contributed by atoms with Gasteiger partial charge >= 0.3 is 0 Å². The minimum absolute atomic E-state index is 0.0424. The third kappa shape index (κ3) is 12.3. The molecule has 10 heterocycles. The topological polar surface area (TPSA) is 120 Å². The van der Waals surface area contributed by atoms with Crippen molar-refractivity contribution in [1.29, 1.82) is 0 Å². The molecule has 0 atom stereocenters. The second-order valence-electron chi connectivity index (χ2n) is 33.7. The number of nitrogens with zero attached hydrogens (tertiary/aromatic N) is 13. The number of hydrogen-bond acceptors (Lipinski definition) is 7. The zero-order chi connectivity index (χ0) is 85.4. The SMILES string of the molecule is CC1(C)c2ccccc2-c2ccc(-c3ccc(-c4nc(-n5c6ccccc6c6ccc7ccn(-c8ccccc8)c7c65)nc5ccccc45)cc3)cc21.c1ccc(-n2ccc3ccc4c5ccccc5n(-c5ccc(-c6ncc7ccccc7n6)cc5)c4c32)cc1.c1ccc(-n2ccc3ccc4c5ccccc5n(-c5ccc(-c6ncc7cnccc7n6)cc5)c4c32)cc1. The molecule has 0 unspecified atom stereocenters. The lowest BCUT2D eigenvalue weighted by atomic mass is 9.81. The summed E-state index contributed by atoms with van der Waals surface area (Å²) in [5.74, 6) is 2.10. The molecule has 16 aromatic carbocycles. The highest BCUT2D eigenvalue weighted by molar-refractivity contribution is 6.21. The fourth-order valence-electron chi connectivity index (χ4n) is 19.9. The van der Waals surface area contributed by atoms with Gasteiger partial charge in [0.25, 0.3) is 0 Å². The zero-order valence-electron chi connectivity index (χ0n) is 70.3. The minimum Gasteiger partial charge on any atom is -0.315 e. The second kappa shape index (κ2) is 30.0. The van der Waals surface area contributed by atoms with Crippen molar-refractivity contribution >= 4 is 131 Å². The van der Waals surface area contributed by atoms with E-state index in [1.54, 1.807) is 12.4 Å². The van der Waals surface area contributed by atoms with Crippen LogP contribution in [0.2, 0.25) is 0 Å². The molecule has 606 valence electrons. The van der Waals surface area contributed by atoms with E-state index >= 15 is 0 Å². The summed E-state index contributed by atoms with van der Waals surface area (Å²) in [4.78, 5) is 33.6. The molecule has 13 nitrogen and oxygen atoms in total. The first-order valence-corrected chi connectivity index (χ1v) is 43.6. The number of aromatic nitrogens is 13. The van der Waals surface area contributed by atoms with E-state index in [1.165, 1.54) is 115 Å². The van der Waals surface area contributed by atoms with Gasteiger partial charge in [-0.15, -0.1) is 0 Å². The van der Waals surface area contributed by atoms with Crippen LogP contribution in [0.3, 0.4) is 0 Å². The molecule has 0 N–H and O–H groups in total. The number of para-hydroxylation sites is 8. The van der Waals surface area contributed by atoms with E-state index in [9.17, 15) is 0 Å². The van der Waals surface area contributed by atoms with Gasteiger partial charge in [-0.05, 0) is 179 Å². The summed E-state index contributed by atoms with van der Waals surface area (Å²) in [5.41, 5.74) is 30.6. The molecule has 0 saturated carbocycles. The fraction of sp³-hybridized carbons (Fsp3) is 0.0259. The van der Waals surface area contributed by atoms with Crippen molar-refractivity contribution < 1.29 is 0 Å². The highest BCUT2D eigenvalue weighted by atomic mass is 15.2. The van der Waals surface area contributed by atoms with E-state index in [1.807, 2.05) is 42.7 Å². The van der Waals surface area contributed by atoms with Crippen molar-refractivity contribution in [2.45, 2.75) is 19.3 Å². The number of fused-ring (bicyclic) bond motifs is 21. The van der Waals surface area contributed by atoms with Crippen molar-refractivity contribution in [3.05, 3.63) is 443 Å². The molecule has 0 fully saturated rings. The lowest BCUT2D eigenvalue weighted by Crippen LogP contribution is -2.14. The van der Waals surface area contributed by atoms with Crippen LogP contribution < -0.4 is 0 Å². The van der Waals surface area contributed by atoms with Gasteiger partial charge in [0.05, 0.1) is 71.9 Å². The summed E-state index contributed by atoms with van der Waals surface area (Å²) in [6.07, 6.45) is 13.8. The Balaban J connectivity index is 0.000000107. The van der Waals surface area contributed by atoms with Crippen molar-refractivity contribution in [3.8, 4) is 90.7 Å². The zero-order valence-corrected chi connectivity index (χ0v) is 70.3. The molecule has 0 aliphatic heterocycles. The molecule has 0 radical (unpaired) electrons. The van der Waals surface area contributed by atoms with Crippen LogP contribution in [0.15, 0.2) is 432 Å². The van der Waals surface area contributed by atoms with Gasteiger partial charge in [0.15, 0.2) is 11.6 Å². The molecule has 1 aliphatic carbocycles. The number of hydrogen-bond donors (Lipinski definition) is 0.